The maximum atomic E-state index is 14.8. The molecule has 0 saturated heterocycles. The molecule has 2 rings (SSSR count). The van der Waals surface area contributed by atoms with Crippen molar-refractivity contribution in [3.63, 3.8) is 0 Å². The van der Waals surface area contributed by atoms with Gasteiger partial charge in [-0.15, -0.1) is 0 Å². The zero-order valence-electron chi connectivity index (χ0n) is 17.6. The number of aryl methyl sites for hydroxylation is 1. The van der Waals surface area contributed by atoms with Gasteiger partial charge in [0.1, 0.15) is 0 Å². The average Bonchev–Trinajstić information content (AvgIpc) is 2.71. The van der Waals surface area contributed by atoms with Crippen molar-refractivity contribution in [2.75, 3.05) is 19.7 Å². The van der Waals surface area contributed by atoms with Crippen molar-refractivity contribution >= 4 is 16.9 Å². The molecule has 0 aliphatic heterocycles. The van der Waals surface area contributed by atoms with Crippen molar-refractivity contribution in [2.45, 2.75) is 58.8 Å². The minimum Gasteiger partial charge on any atom is -0.488 e. The molecular formula is C22H30F2N2O4. The van der Waals surface area contributed by atoms with Gasteiger partial charge in [0.25, 0.3) is 0 Å². The predicted octanol–water partition coefficient (Wildman–Crippen LogP) is 3.74. The molecule has 1 aromatic heterocycles. The van der Waals surface area contributed by atoms with Gasteiger partial charge in [-0.25, -0.2) is 9.18 Å². The van der Waals surface area contributed by atoms with Gasteiger partial charge >= 0.3 is 5.63 Å². The number of ether oxygens (including phenoxy) is 1. The lowest BCUT2D eigenvalue weighted by Crippen LogP contribution is -2.28. The molecule has 0 bridgehead atoms. The molecule has 0 radical (unpaired) electrons. The highest BCUT2D eigenvalue weighted by atomic mass is 19.1. The molecule has 0 aliphatic carbocycles. The number of nitrogens with one attached hydrogen (secondary N) is 1. The van der Waals surface area contributed by atoms with E-state index >= 15 is 0 Å². The van der Waals surface area contributed by atoms with E-state index in [4.69, 9.17) is 14.9 Å². The Morgan fingerprint density at radius 3 is 2.67 bits per heavy atom. The molecule has 1 amide bonds. The lowest BCUT2D eigenvalue weighted by atomic mass is 10.0. The van der Waals surface area contributed by atoms with Gasteiger partial charge in [-0.3, -0.25) is 4.79 Å². The van der Waals surface area contributed by atoms with Crippen LogP contribution in [0.2, 0.25) is 0 Å². The van der Waals surface area contributed by atoms with E-state index in [0.717, 1.165) is 31.7 Å². The first-order valence-electron chi connectivity index (χ1n) is 10.4. The standard InChI is InChI=1S/C22H30F2N2O4/c1-3-4-5-7-10-26-18(27)13-16-14(2)15-12-17(23)21(29-11-8-6-9-25)19(24)20(15)30-22(16)28/h12H,3-11,13,25H2,1-2H3,(H,26,27). The van der Waals surface area contributed by atoms with Crippen molar-refractivity contribution < 1.29 is 22.7 Å². The van der Waals surface area contributed by atoms with Crippen LogP contribution >= 0.6 is 0 Å². The minimum absolute atomic E-state index is 0.0870. The number of carbonyl (C=O) groups excluding carboxylic acids is 1. The number of halogens is 2. The zero-order chi connectivity index (χ0) is 22.1. The molecule has 1 heterocycles. The summed E-state index contributed by atoms with van der Waals surface area (Å²) in [4.78, 5) is 24.6. The van der Waals surface area contributed by atoms with Crippen LogP contribution < -0.4 is 21.4 Å². The van der Waals surface area contributed by atoms with Crippen LogP contribution in [-0.4, -0.2) is 25.6 Å². The second-order valence-corrected chi connectivity index (χ2v) is 7.30. The highest BCUT2D eigenvalue weighted by Crippen LogP contribution is 2.31. The van der Waals surface area contributed by atoms with E-state index in [1.807, 2.05) is 0 Å². The van der Waals surface area contributed by atoms with Gasteiger partial charge in [-0.1, -0.05) is 26.2 Å². The number of benzene rings is 1. The summed E-state index contributed by atoms with van der Waals surface area (Å²) in [6.07, 6.45) is 5.06. The number of nitrogens with two attached hydrogens (primary N) is 1. The monoisotopic (exact) mass is 424 g/mol. The van der Waals surface area contributed by atoms with Crippen molar-refractivity contribution in [3.8, 4) is 5.75 Å². The van der Waals surface area contributed by atoms with Crippen LogP contribution in [0.5, 0.6) is 5.75 Å². The van der Waals surface area contributed by atoms with E-state index in [2.05, 4.69) is 12.2 Å². The predicted molar refractivity (Wildman–Crippen MR) is 112 cm³/mol. The van der Waals surface area contributed by atoms with Crippen LogP contribution in [0.3, 0.4) is 0 Å². The Kier molecular flexibility index (Phi) is 9.23. The van der Waals surface area contributed by atoms with Gasteiger partial charge in [0.05, 0.1) is 18.6 Å². The van der Waals surface area contributed by atoms with E-state index in [-0.39, 0.29) is 35.5 Å². The molecule has 1 aromatic carbocycles. The van der Waals surface area contributed by atoms with Crippen molar-refractivity contribution in [1.29, 1.82) is 0 Å². The third-order valence-electron chi connectivity index (χ3n) is 4.96. The number of hydrogen-bond acceptors (Lipinski definition) is 5. The number of rotatable bonds is 12. The van der Waals surface area contributed by atoms with Gasteiger partial charge < -0.3 is 20.2 Å². The largest absolute Gasteiger partial charge is 0.488 e. The van der Waals surface area contributed by atoms with E-state index in [1.165, 1.54) is 0 Å². The molecule has 0 aliphatic rings. The third kappa shape index (κ3) is 6.01. The highest BCUT2D eigenvalue weighted by Gasteiger charge is 2.22. The summed E-state index contributed by atoms with van der Waals surface area (Å²) in [5, 5.41) is 2.86. The van der Waals surface area contributed by atoms with Crippen LogP contribution in [0.15, 0.2) is 15.3 Å². The summed E-state index contributed by atoms with van der Waals surface area (Å²) in [5.74, 6) is -2.87. The van der Waals surface area contributed by atoms with Crippen molar-refractivity contribution in [1.82, 2.24) is 5.32 Å². The highest BCUT2D eigenvalue weighted by molar-refractivity contribution is 5.85. The second-order valence-electron chi connectivity index (χ2n) is 7.30. The number of amides is 1. The number of hydrogen-bond donors (Lipinski definition) is 2. The normalized spacial score (nSPS) is 11.1. The van der Waals surface area contributed by atoms with Gasteiger partial charge in [0.2, 0.25) is 11.7 Å². The molecule has 8 heteroatoms. The van der Waals surface area contributed by atoms with Crippen LogP contribution in [0.25, 0.3) is 11.0 Å². The van der Waals surface area contributed by atoms with E-state index < -0.39 is 23.0 Å². The number of carbonyl (C=O) groups is 1. The Morgan fingerprint density at radius 2 is 1.97 bits per heavy atom. The summed E-state index contributed by atoms with van der Waals surface area (Å²) >= 11 is 0. The Labute approximate surface area is 174 Å². The fourth-order valence-electron chi connectivity index (χ4n) is 3.19. The van der Waals surface area contributed by atoms with E-state index in [0.29, 0.717) is 31.5 Å². The molecule has 6 nitrogen and oxygen atoms in total. The fraction of sp³-hybridized carbons (Fsp3) is 0.545. The van der Waals surface area contributed by atoms with Gasteiger partial charge in [0.15, 0.2) is 17.1 Å². The van der Waals surface area contributed by atoms with Crippen molar-refractivity contribution in [3.05, 3.63) is 39.2 Å². The van der Waals surface area contributed by atoms with E-state index in [9.17, 15) is 18.4 Å². The first kappa shape index (κ1) is 23.8. The Bertz CT molecular complexity index is 928. The molecule has 30 heavy (non-hydrogen) atoms. The minimum atomic E-state index is -1.06. The third-order valence-corrected chi connectivity index (χ3v) is 4.96. The maximum absolute atomic E-state index is 14.8. The van der Waals surface area contributed by atoms with Gasteiger partial charge in [-0.2, -0.15) is 4.39 Å². The molecule has 0 unspecified atom stereocenters. The topological polar surface area (TPSA) is 94.6 Å². The molecule has 2 aromatic rings. The molecule has 0 spiro atoms. The molecule has 3 N–H and O–H groups in total. The average molecular weight is 424 g/mol. The lowest BCUT2D eigenvalue weighted by molar-refractivity contribution is -0.120. The number of fused-ring (bicyclic) bond motifs is 1. The number of unbranched alkanes of at least 4 members (excludes halogenated alkanes) is 4. The van der Waals surface area contributed by atoms with E-state index in [1.54, 1.807) is 6.92 Å². The quantitative estimate of drug-likeness (QED) is 0.400. The van der Waals surface area contributed by atoms with Crippen LogP contribution in [0.1, 0.15) is 56.6 Å². The Hall–Kier alpha value is -2.48. The zero-order valence-corrected chi connectivity index (χ0v) is 17.6. The summed E-state index contributed by atoms with van der Waals surface area (Å²) in [7, 11) is 0. The van der Waals surface area contributed by atoms with Crippen LogP contribution in [-0.2, 0) is 11.2 Å². The van der Waals surface area contributed by atoms with Crippen molar-refractivity contribution in [2.24, 2.45) is 5.73 Å². The Balaban J connectivity index is 2.21. The molecule has 0 saturated carbocycles. The van der Waals surface area contributed by atoms with Gasteiger partial charge in [-0.05, 0) is 44.4 Å². The molecule has 166 valence electrons. The smallest absolute Gasteiger partial charge is 0.340 e. The summed E-state index contributed by atoms with van der Waals surface area (Å²) in [6, 6.07) is 1.07. The molecule has 0 atom stereocenters. The van der Waals surface area contributed by atoms with Crippen LogP contribution in [0.4, 0.5) is 8.78 Å². The fourth-order valence-corrected chi connectivity index (χ4v) is 3.19. The Morgan fingerprint density at radius 1 is 1.20 bits per heavy atom. The summed E-state index contributed by atoms with van der Waals surface area (Å²) in [6.45, 7) is 4.71. The first-order valence-corrected chi connectivity index (χ1v) is 10.4. The first-order chi connectivity index (χ1) is 14.4. The van der Waals surface area contributed by atoms with Gasteiger partial charge in [0, 0.05) is 11.9 Å². The second kappa shape index (κ2) is 11.6. The summed E-state index contributed by atoms with van der Waals surface area (Å²) < 4.78 is 39.5. The maximum Gasteiger partial charge on any atom is 0.340 e. The van der Waals surface area contributed by atoms with Crippen LogP contribution in [0, 0.1) is 18.6 Å². The molecule has 0 fully saturated rings. The lowest BCUT2D eigenvalue weighted by Gasteiger charge is -2.12. The SMILES string of the molecule is CCCCCCNC(=O)Cc1c(C)c2cc(F)c(OCCCCN)c(F)c2oc1=O. The summed E-state index contributed by atoms with van der Waals surface area (Å²) in [5.41, 5.74) is 4.59. The molecular weight excluding hydrogens is 394 g/mol.